The molecule has 13 nitrogen and oxygen atoms in total. The average molecular weight is 621 g/mol. The fourth-order valence-corrected chi connectivity index (χ4v) is 6.99. The second kappa shape index (κ2) is 11.3. The number of nitrogens with two attached hydrogens (primary N) is 1. The Morgan fingerprint density at radius 1 is 1.04 bits per heavy atom. The number of carbonyl (C=O) groups excluding carboxylic acids is 4. The number of phenols is 1. The van der Waals surface area contributed by atoms with Crippen LogP contribution in [0.4, 0.5) is 5.69 Å². The summed E-state index contributed by atoms with van der Waals surface area (Å²) >= 11 is 0. The van der Waals surface area contributed by atoms with Gasteiger partial charge in [-0.05, 0) is 76.3 Å². The number of hydrogen-bond acceptors (Lipinski definition) is 11. The van der Waals surface area contributed by atoms with E-state index in [-0.39, 0.29) is 29.7 Å². The van der Waals surface area contributed by atoms with Crippen molar-refractivity contribution >= 4 is 34.8 Å². The number of aliphatic hydroxyl groups is 3. The van der Waals surface area contributed by atoms with Gasteiger partial charge < -0.3 is 36.2 Å². The van der Waals surface area contributed by atoms with Crippen molar-refractivity contribution in [3.05, 3.63) is 70.0 Å². The molecule has 3 aliphatic carbocycles. The fourth-order valence-electron chi connectivity index (χ4n) is 6.99. The maximum Gasteiger partial charge on any atom is 0.255 e. The van der Waals surface area contributed by atoms with Crippen LogP contribution in [-0.2, 0) is 25.6 Å². The molecule has 5 rings (SSSR count). The van der Waals surface area contributed by atoms with E-state index >= 15 is 0 Å². The Kier molecular flexibility index (Phi) is 7.98. The number of amides is 2. The predicted molar refractivity (Wildman–Crippen MR) is 162 cm³/mol. The van der Waals surface area contributed by atoms with E-state index in [4.69, 9.17) is 10.5 Å². The summed E-state index contributed by atoms with van der Waals surface area (Å²) in [6.07, 6.45) is 0.125. The highest BCUT2D eigenvalue weighted by Crippen LogP contribution is 2.53. The van der Waals surface area contributed by atoms with E-state index in [1.54, 1.807) is 49.3 Å². The monoisotopic (exact) mass is 620 g/mol. The number of anilines is 1. The molecule has 2 amide bonds. The van der Waals surface area contributed by atoms with Gasteiger partial charge in [-0.15, -0.1) is 0 Å². The number of Topliss-reactive ketones (excluding diaryl/α,β-unsaturated/α-hetero) is 2. The Balaban J connectivity index is 1.55. The van der Waals surface area contributed by atoms with Crippen LogP contribution in [0.5, 0.6) is 11.5 Å². The Morgan fingerprint density at radius 2 is 1.69 bits per heavy atom. The number of phenolic OH excluding ortho intramolecular Hbond substituents is 1. The minimum atomic E-state index is -2.73. The summed E-state index contributed by atoms with van der Waals surface area (Å²) in [6.45, 7) is 0. The molecule has 0 aliphatic heterocycles. The molecule has 45 heavy (non-hydrogen) atoms. The molecule has 0 spiro atoms. The van der Waals surface area contributed by atoms with E-state index in [0.29, 0.717) is 16.9 Å². The summed E-state index contributed by atoms with van der Waals surface area (Å²) < 4.78 is 5.20. The number of nitrogens with one attached hydrogen (secondary N) is 1. The van der Waals surface area contributed by atoms with Gasteiger partial charge in [-0.3, -0.25) is 29.0 Å². The molecule has 0 aromatic heterocycles. The summed E-state index contributed by atoms with van der Waals surface area (Å²) in [5, 5.41) is 48.2. The van der Waals surface area contributed by atoms with Gasteiger partial charge in [-0.25, -0.2) is 0 Å². The molecule has 0 saturated heterocycles. The van der Waals surface area contributed by atoms with Crippen molar-refractivity contribution in [2.45, 2.75) is 30.5 Å². The van der Waals surface area contributed by atoms with Crippen molar-refractivity contribution in [3.63, 3.8) is 0 Å². The van der Waals surface area contributed by atoms with Crippen molar-refractivity contribution in [3.8, 4) is 11.5 Å². The fraction of sp³-hybridized carbons (Fsp3) is 0.375. The van der Waals surface area contributed by atoms with Crippen LogP contribution < -0.4 is 15.8 Å². The number of nitrogens with zero attached hydrogens (tertiary/aromatic N) is 2. The minimum absolute atomic E-state index is 0.0165. The molecule has 3 unspecified atom stereocenters. The van der Waals surface area contributed by atoms with Crippen molar-refractivity contribution < 1.29 is 44.3 Å². The highest BCUT2D eigenvalue weighted by atomic mass is 16.5. The van der Waals surface area contributed by atoms with Crippen LogP contribution in [0, 0.1) is 11.8 Å². The summed E-state index contributed by atoms with van der Waals surface area (Å²) in [7, 11) is 8.05. The van der Waals surface area contributed by atoms with Gasteiger partial charge >= 0.3 is 0 Å². The molecule has 5 atom stereocenters. The number of hydrogen-bond donors (Lipinski definition) is 6. The molecule has 0 heterocycles. The summed E-state index contributed by atoms with van der Waals surface area (Å²) in [6, 6.07) is 8.10. The van der Waals surface area contributed by atoms with E-state index in [9.17, 15) is 39.6 Å². The van der Waals surface area contributed by atoms with Gasteiger partial charge in [0.15, 0.2) is 11.4 Å². The van der Waals surface area contributed by atoms with Crippen LogP contribution >= 0.6 is 0 Å². The molecule has 13 heteroatoms. The average Bonchev–Trinajstić information content (AvgIpc) is 2.96. The largest absolute Gasteiger partial charge is 0.508 e. The van der Waals surface area contributed by atoms with Crippen LogP contribution in [0.2, 0.25) is 0 Å². The van der Waals surface area contributed by atoms with Crippen molar-refractivity contribution in [1.29, 1.82) is 0 Å². The molecule has 238 valence electrons. The molecule has 1 saturated carbocycles. The molecule has 0 bridgehead atoms. The van der Waals surface area contributed by atoms with Crippen molar-refractivity contribution in [2.24, 2.45) is 17.6 Å². The van der Waals surface area contributed by atoms with E-state index in [0.717, 1.165) is 0 Å². The molecule has 2 aromatic rings. The van der Waals surface area contributed by atoms with E-state index in [1.165, 1.54) is 32.2 Å². The minimum Gasteiger partial charge on any atom is -0.508 e. The maximum atomic E-state index is 14.0. The lowest BCUT2D eigenvalue weighted by Gasteiger charge is -2.50. The van der Waals surface area contributed by atoms with Crippen LogP contribution in [-0.4, -0.2) is 101 Å². The van der Waals surface area contributed by atoms with Crippen LogP contribution in [0.25, 0.3) is 5.76 Å². The zero-order valence-corrected chi connectivity index (χ0v) is 25.5. The van der Waals surface area contributed by atoms with E-state index < -0.39 is 75.7 Å². The number of ketones is 2. The summed E-state index contributed by atoms with van der Waals surface area (Å²) in [5.74, 6) is -7.24. The second-order valence-corrected chi connectivity index (χ2v) is 12.1. The van der Waals surface area contributed by atoms with Crippen molar-refractivity contribution in [2.75, 3.05) is 40.6 Å². The molecular formula is C32H36N4O9. The number of carbonyl (C=O) groups is 4. The Morgan fingerprint density at radius 3 is 2.24 bits per heavy atom. The van der Waals surface area contributed by atoms with Crippen LogP contribution in [0.1, 0.15) is 29.2 Å². The smallest absolute Gasteiger partial charge is 0.255 e. The predicted octanol–water partition coefficient (Wildman–Crippen LogP) is 1.21. The lowest BCUT2D eigenvalue weighted by atomic mass is 9.57. The van der Waals surface area contributed by atoms with Gasteiger partial charge in [0.1, 0.15) is 34.6 Å². The number of ether oxygens (including phenoxy) is 1. The zero-order valence-electron chi connectivity index (χ0n) is 25.5. The number of aromatic hydroxyl groups is 1. The standard InChI is InChI=1S/C32H36N4O9/c1-35(2)23(14-6-9-17(45-5)10-7-14)31(43)34-19-11-8-15-12-16-13-18-24(36(3)4)27(39)22(30(33)42)29(41)32(18,44)28(40)21(16)26(38)20(15)25(19)37/h6-11,16,18,23-24,37-38,41,44H,12-13H2,1-5H3,(H2,33,42)(H,34,43)/t16?,18?,23?,24-,32-/m0/s1. The third-order valence-corrected chi connectivity index (χ3v) is 9.05. The number of likely N-dealkylation sites (N-methyl/N-ethyl adjacent to an activating group) is 2. The quantitative estimate of drug-likeness (QED) is 0.192. The number of methoxy groups -OCH3 is 1. The highest BCUT2D eigenvalue weighted by molar-refractivity contribution is 6.24. The third-order valence-electron chi connectivity index (χ3n) is 9.05. The van der Waals surface area contributed by atoms with Gasteiger partial charge in [0.05, 0.1) is 24.4 Å². The Bertz CT molecular complexity index is 1680. The summed E-state index contributed by atoms with van der Waals surface area (Å²) in [4.78, 5) is 56.0. The second-order valence-electron chi connectivity index (χ2n) is 12.1. The molecule has 0 radical (unpaired) electrons. The number of aliphatic hydroxyl groups excluding tert-OH is 2. The van der Waals surface area contributed by atoms with Gasteiger partial charge in [-0.1, -0.05) is 18.2 Å². The first-order valence-electron chi connectivity index (χ1n) is 14.3. The number of benzene rings is 2. The van der Waals surface area contributed by atoms with Crippen molar-refractivity contribution in [1.82, 2.24) is 9.80 Å². The normalized spacial score (nSPS) is 25.1. The highest BCUT2D eigenvalue weighted by Gasteiger charge is 2.64. The maximum absolute atomic E-state index is 14.0. The molecular weight excluding hydrogens is 584 g/mol. The molecule has 7 N–H and O–H groups in total. The number of primary amides is 1. The molecule has 1 fully saturated rings. The van der Waals surface area contributed by atoms with Gasteiger partial charge in [-0.2, -0.15) is 0 Å². The molecule has 3 aliphatic rings. The lowest BCUT2D eigenvalue weighted by molar-refractivity contribution is -0.153. The molecule has 2 aromatic carbocycles. The van der Waals surface area contributed by atoms with Gasteiger partial charge in [0.25, 0.3) is 5.91 Å². The third kappa shape index (κ3) is 4.83. The first kappa shape index (κ1) is 31.7. The van der Waals surface area contributed by atoms with Crippen LogP contribution in [0.15, 0.2) is 53.3 Å². The Labute approximate surface area is 259 Å². The first-order chi connectivity index (χ1) is 21.1. The van der Waals surface area contributed by atoms with E-state index in [1.807, 2.05) is 0 Å². The topological polar surface area (TPSA) is 203 Å². The first-order valence-corrected chi connectivity index (χ1v) is 14.3. The number of rotatable bonds is 7. The van der Waals surface area contributed by atoms with Gasteiger partial charge in [0, 0.05) is 11.5 Å². The number of fused-ring (bicyclic) bond motifs is 3. The van der Waals surface area contributed by atoms with Crippen LogP contribution in [0.3, 0.4) is 0 Å². The Hall–Kier alpha value is -4.72. The van der Waals surface area contributed by atoms with E-state index in [2.05, 4.69) is 5.32 Å². The van der Waals surface area contributed by atoms with Gasteiger partial charge in [0.2, 0.25) is 11.7 Å². The SMILES string of the molecule is COc1ccc(C(C(=O)Nc2ccc3c(c2O)C(O)=C2C(=O)[C@]4(O)C(O)=C(C(N)=O)C(=O)[C@@H](N(C)C)C4CC2C3)N(C)C)cc1. The lowest BCUT2D eigenvalue weighted by Crippen LogP contribution is -2.65. The summed E-state index contributed by atoms with van der Waals surface area (Å²) in [5.41, 5.74) is 2.47. The zero-order chi connectivity index (χ0) is 33.1.